The summed E-state index contributed by atoms with van der Waals surface area (Å²) >= 11 is 0. The minimum Gasteiger partial charge on any atom is -0.492 e. The number of nitrogens with zero attached hydrogens (tertiary/aromatic N) is 1. The van der Waals surface area contributed by atoms with E-state index in [1.807, 2.05) is 33.3 Å². The van der Waals surface area contributed by atoms with Crippen molar-refractivity contribution in [2.45, 2.75) is 167 Å². The highest BCUT2D eigenvalue weighted by Gasteiger charge is 2.26. The Morgan fingerprint density at radius 3 is 1.83 bits per heavy atom. The summed E-state index contributed by atoms with van der Waals surface area (Å²) in [6.07, 6.45) is 38.3. The highest BCUT2D eigenvalue weighted by Crippen LogP contribution is 2.43. The smallest absolute Gasteiger partial charge is 0.472 e. The molecule has 0 aromatic heterocycles. The number of ether oxygens (including phenoxy) is 2. The van der Waals surface area contributed by atoms with Crippen molar-refractivity contribution in [2.24, 2.45) is 0 Å². The van der Waals surface area contributed by atoms with E-state index < -0.39 is 38.2 Å². The number of quaternary nitrogens is 1. The fourth-order valence-electron chi connectivity index (χ4n) is 5.50. The fraction of sp³-hybridized carbons (Fsp3) is 0.717. The van der Waals surface area contributed by atoms with E-state index >= 15 is 0 Å². The summed E-state index contributed by atoms with van der Waals surface area (Å²) < 4.78 is 34.5. The predicted octanol–water partition coefficient (Wildman–Crippen LogP) is 9.97. The molecule has 0 aromatic rings. The lowest BCUT2D eigenvalue weighted by Crippen LogP contribution is -2.37. The number of carbonyl (C=O) groups excluding carboxylic acids is 1. The molecule has 0 heterocycles. The summed E-state index contributed by atoms with van der Waals surface area (Å²) in [6.45, 7) is 4.37. The Kier molecular flexibility index (Phi) is 36.1. The number of rotatable bonds is 39. The topological polar surface area (TPSA) is 152 Å². The van der Waals surface area contributed by atoms with Crippen molar-refractivity contribution < 1.29 is 52.6 Å². The Morgan fingerprint density at radius 1 is 0.655 bits per heavy atom. The first-order valence-corrected chi connectivity index (χ1v) is 23.5. The molecule has 0 bridgehead atoms. The van der Waals surface area contributed by atoms with Crippen molar-refractivity contribution in [1.29, 1.82) is 0 Å². The van der Waals surface area contributed by atoms with Crippen molar-refractivity contribution >= 4 is 13.8 Å². The van der Waals surface area contributed by atoms with Gasteiger partial charge in [-0.3, -0.25) is 13.8 Å². The number of esters is 1. The molecule has 0 spiro atoms. The molecular formula is C46H83NO10P+. The van der Waals surface area contributed by atoms with E-state index in [-0.39, 0.29) is 39.1 Å². The fourth-order valence-corrected chi connectivity index (χ4v) is 6.24. The van der Waals surface area contributed by atoms with Gasteiger partial charge in [0.05, 0.1) is 52.3 Å². The number of aliphatic hydroxyl groups excluding tert-OH is 3. The Bertz CT molecular complexity index is 1210. The van der Waals surface area contributed by atoms with Crippen LogP contribution in [0.4, 0.5) is 0 Å². The van der Waals surface area contributed by atoms with Gasteiger partial charge in [-0.05, 0) is 63.9 Å². The van der Waals surface area contributed by atoms with Crippen LogP contribution in [-0.4, -0.2) is 103 Å². The minimum absolute atomic E-state index is 0.00397. The van der Waals surface area contributed by atoms with Gasteiger partial charge in [0.2, 0.25) is 0 Å². The number of allylic oxidation sites excluding steroid dienone is 9. The van der Waals surface area contributed by atoms with Gasteiger partial charge < -0.3 is 34.2 Å². The van der Waals surface area contributed by atoms with E-state index in [2.05, 4.69) is 26.0 Å². The van der Waals surface area contributed by atoms with Crippen LogP contribution in [0, 0.1) is 0 Å². The molecular weight excluding hydrogens is 757 g/mol. The molecule has 11 nitrogen and oxygen atoms in total. The van der Waals surface area contributed by atoms with Gasteiger partial charge in [-0.25, -0.2) is 4.57 Å². The highest BCUT2D eigenvalue weighted by molar-refractivity contribution is 7.47. The normalized spacial score (nSPS) is 16.0. The molecule has 0 fully saturated rings. The zero-order valence-electron chi connectivity index (χ0n) is 36.8. The van der Waals surface area contributed by atoms with Crippen molar-refractivity contribution in [3.05, 3.63) is 73.1 Å². The first kappa shape index (κ1) is 55.7. The summed E-state index contributed by atoms with van der Waals surface area (Å²) in [7, 11) is 1.47. The monoisotopic (exact) mass is 841 g/mol. The van der Waals surface area contributed by atoms with Gasteiger partial charge in [0.1, 0.15) is 19.8 Å². The summed E-state index contributed by atoms with van der Waals surface area (Å²) in [5, 5.41) is 30.5. The molecule has 4 N–H and O–H groups in total. The molecule has 0 aliphatic carbocycles. The summed E-state index contributed by atoms with van der Waals surface area (Å²) in [4.78, 5) is 22.7. The van der Waals surface area contributed by atoms with Crippen molar-refractivity contribution in [3.8, 4) is 0 Å². The van der Waals surface area contributed by atoms with E-state index in [1.165, 1.54) is 63.7 Å². The maximum Gasteiger partial charge on any atom is 0.472 e. The van der Waals surface area contributed by atoms with E-state index in [9.17, 15) is 29.6 Å². The van der Waals surface area contributed by atoms with Crippen LogP contribution in [0.25, 0.3) is 0 Å². The third kappa shape index (κ3) is 39.1. The summed E-state index contributed by atoms with van der Waals surface area (Å²) in [5.74, 6) is -0.532. The van der Waals surface area contributed by atoms with Gasteiger partial charge in [-0.1, -0.05) is 139 Å². The van der Waals surface area contributed by atoms with Crippen LogP contribution < -0.4 is 0 Å². The van der Waals surface area contributed by atoms with E-state index in [1.54, 1.807) is 36.5 Å². The Morgan fingerprint density at radius 2 is 1.21 bits per heavy atom. The molecule has 0 radical (unpaired) electrons. The Balaban J connectivity index is 4.65. The molecule has 0 aliphatic heterocycles. The third-order valence-electron chi connectivity index (χ3n) is 9.20. The third-order valence-corrected chi connectivity index (χ3v) is 10.2. The van der Waals surface area contributed by atoms with Crippen LogP contribution in [0.3, 0.4) is 0 Å². The van der Waals surface area contributed by atoms with Gasteiger partial charge in [0, 0.05) is 6.42 Å². The second kappa shape index (κ2) is 37.6. The molecule has 0 amide bonds. The molecule has 336 valence electrons. The molecule has 0 aromatic carbocycles. The lowest BCUT2D eigenvalue weighted by molar-refractivity contribution is -0.870. The zero-order valence-corrected chi connectivity index (χ0v) is 37.7. The molecule has 58 heavy (non-hydrogen) atoms. The first-order chi connectivity index (χ1) is 27.8. The molecule has 0 rings (SSSR count). The number of carbonyl (C=O) groups is 1. The van der Waals surface area contributed by atoms with Crippen molar-refractivity contribution in [1.82, 2.24) is 0 Å². The molecule has 0 saturated carbocycles. The standard InChI is InChI=1S/C46H82NO10P/c1-6-8-10-11-12-13-14-15-16-17-18-19-20-23-26-30-38-54-43(41-57-58(52,53)56-39-37-47(3,4)5)40-55-46(51)36-31-35-45(50)44(49)34-29-25-22-21-24-28-33-42(48)32-27-9-7-2/h15-16,21-22,24-25,28-30,33-34,38,42-45,48-50H,6-14,17-20,23,26-27,31-32,35-37,39-41H2,1-5H3/p+1/b16-15-,24-21-,25-22+,33-28+,34-29+,38-30+/t42-,43-,44-,45-/m1/s1. The van der Waals surface area contributed by atoms with Crippen LogP contribution in [0.2, 0.25) is 0 Å². The molecule has 1 unspecified atom stereocenters. The van der Waals surface area contributed by atoms with Gasteiger partial charge in [-0.2, -0.15) is 0 Å². The van der Waals surface area contributed by atoms with Crippen molar-refractivity contribution in [3.63, 3.8) is 0 Å². The van der Waals surface area contributed by atoms with Crippen LogP contribution >= 0.6 is 7.82 Å². The lowest BCUT2D eigenvalue weighted by Gasteiger charge is -2.24. The van der Waals surface area contributed by atoms with E-state index in [0.717, 1.165) is 57.8 Å². The van der Waals surface area contributed by atoms with Crippen LogP contribution in [0.15, 0.2) is 73.1 Å². The second-order valence-electron chi connectivity index (χ2n) is 16.0. The minimum atomic E-state index is -4.36. The highest BCUT2D eigenvalue weighted by atomic mass is 31.2. The van der Waals surface area contributed by atoms with Crippen LogP contribution in [-0.2, 0) is 27.9 Å². The van der Waals surface area contributed by atoms with E-state index in [0.29, 0.717) is 11.0 Å². The number of phosphoric ester groups is 1. The molecule has 0 saturated heterocycles. The number of phosphoric acid groups is 1. The maximum absolute atomic E-state index is 12.5. The van der Waals surface area contributed by atoms with Gasteiger partial charge in [-0.15, -0.1) is 0 Å². The lowest BCUT2D eigenvalue weighted by atomic mass is 10.1. The van der Waals surface area contributed by atoms with Gasteiger partial charge in [0.15, 0.2) is 6.10 Å². The Labute approximate surface area is 352 Å². The number of aliphatic hydroxyl groups is 3. The number of likely N-dealkylation sites (N-methyl/N-ethyl adjacent to an activating group) is 1. The largest absolute Gasteiger partial charge is 0.492 e. The van der Waals surface area contributed by atoms with E-state index in [4.69, 9.17) is 18.5 Å². The first-order valence-electron chi connectivity index (χ1n) is 22.1. The quantitative estimate of drug-likeness (QED) is 0.00895. The maximum atomic E-state index is 12.5. The second-order valence-corrected chi connectivity index (χ2v) is 17.5. The Hall–Kier alpha value is -2.34. The number of hydrogen-bond acceptors (Lipinski definition) is 9. The number of unbranched alkanes of at least 4 members (excludes halogenated alkanes) is 13. The average molecular weight is 841 g/mol. The molecule has 0 aliphatic rings. The van der Waals surface area contributed by atoms with Gasteiger partial charge in [0.25, 0.3) is 0 Å². The van der Waals surface area contributed by atoms with Crippen LogP contribution in [0.5, 0.6) is 0 Å². The van der Waals surface area contributed by atoms with Gasteiger partial charge >= 0.3 is 13.8 Å². The molecule has 12 heteroatoms. The summed E-state index contributed by atoms with van der Waals surface area (Å²) in [5.41, 5.74) is 0. The SMILES string of the molecule is CCCCCCCC/C=C\CCCCCC/C=C/O[C@H](COC(=O)CCC[C@@H](O)[C@H](O)/C=C/C=C/C=C\C=C\[C@H](O)CCCCC)COP(=O)(O)OCC[N+](C)(C)C. The van der Waals surface area contributed by atoms with Crippen molar-refractivity contribution in [2.75, 3.05) is 47.5 Å². The average Bonchev–Trinajstić information content (AvgIpc) is 3.17. The molecule has 5 atom stereocenters. The zero-order chi connectivity index (χ0) is 43.2. The number of hydrogen-bond donors (Lipinski definition) is 4. The predicted molar refractivity (Wildman–Crippen MR) is 237 cm³/mol. The summed E-state index contributed by atoms with van der Waals surface area (Å²) in [6, 6.07) is 0. The van der Waals surface area contributed by atoms with Crippen LogP contribution in [0.1, 0.15) is 142 Å².